The van der Waals surface area contributed by atoms with E-state index in [4.69, 9.17) is 17.0 Å². The van der Waals surface area contributed by atoms with Crippen molar-refractivity contribution in [3.8, 4) is 0 Å². The van der Waals surface area contributed by atoms with Crippen molar-refractivity contribution in [2.75, 3.05) is 17.2 Å². The van der Waals surface area contributed by atoms with Gasteiger partial charge in [0.25, 0.3) is 0 Å². The van der Waals surface area contributed by atoms with E-state index in [1.54, 1.807) is 13.8 Å². The summed E-state index contributed by atoms with van der Waals surface area (Å²) in [5.41, 5.74) is -9.88. The number of hydrogen-bond donors (Lipinski definition) is 2. The lowest BCUT2D eigenvalue weighted by molar-refractivity contribution is -0.144. The molecule has 0 aliphatic carbocycles. The van der Waals surface area contributed by atoms with Crippen LogP contribution in [0.4, 0.5) is 64.1 Å². The van der Waals surface area contributed by atoms with Crippen molar-refractivity contribution in [1.82, 2.24) is 0 Å². The molecule has 1 aliphatic heterocycles. The number of anilines is 2. The third-order valence-electron chi connectivity index (χ3n) is 5.52. The van der Waals surface area contributed by atoms with Crippen LogP contribution in [0.5, 0.6) is 0 Å². The van der Waals surface area contributed by atoms with Gasteiger partial charge in [-0.2, -0.15) is 52.7 Å². The molecular formula is C23H17F12N3OS. The number of ether oxygens (including phenoxy) is 1. The van der Waals surface area contributed by atoms with Crippen molar-refractivity contribution in [3.05, 3.63) is 58.1 Å². The Morgan fingerprint density at radius 3 is 1.70 bits per heavy atom. The van der Waals surface area contributed by atoms with E-state index in [1.165, 1.54) is 0 Å². The van der Waals surface area contributed by atoms with Crippen LogP contribution in [0.25, 0.3) is 0 Å². The van der Waals surface area contributed by atoms with Gasteiger partial charge < -0.3 is 15.4 Å². The van der Waals surface area contributed by atoms with Gasteiger partial charge in [0.1, 0.15) is 6.61 Å². The van der Waals surface area contributed by atoms with Crippen LogP contribution in [0, 0.1) is 5.92 Å². The zero-order valence-corrected chi connectivity index (χ0v) is 20.9. The van der Waals surface area contributed by atoms with Crippen molar-refractivity contribution in [3.63, 3.8) is 0 Å². The van der Waals surface area contributed by atoms with Gasteiger partial charge in [0.05, 0.1) is 39.5 Å². The van der Waals surface area contributed by atoms with E-state index in [0.717, 1.165) is 0 Å². The van der Waals surface area contributed by atoms with E-state index >= 15 is 0 Å². The fourth-order valence-corrected chi connectivity index (χ4v) is 3.77. The lowest BCUT2D eigenvalue weighted by atomic mass is 10.00. The highest BCUT2D eigenvalue weighted by molar-refractivity contribution is 7.80. The molecule has 2 aromatic rings. The average molecular weight is 611 g/mol. The number of benzene rings is 2. The fraction of sp³-hybridized carbons (Fsp3) is 0.391. The second-order valence-electron chi connectivity index (χ2n) is 8.87. The number of nitrogens with zero attached hydrogens (tertiary/aromatic N) is 1. The molecule has 0 spiro atoms. The van der Waals surface area contributed by atoms with E-state index in [9.17, 15) is 52.7 Å². The first kappa shape index (κ1) is 31.3. The van der Waals surface area contributed by atoms with E-state index in [-0.39, 0.29) is 42.9 Å². The van der Waals surface area contributed by atoms with Crippen LogP contribution in [0.1, 0.15) is 41.7 Å². The Balaban J connectivity index is 2.12. The minimum atomic E-state index is -5.37. The number of alkyl halides is 12. The molecule has 0 bridgehead atoms. The summed E-state index contributed by atoms with van der Waals surface area (Å²) in [5, 5.41) is 3.06. The standard InChI is InChI=1S/C23H17F12N3OS/c1-9(2)16-8-39-18(37-16)17-14(23(33,34)35)6-12(22(30,31)32)7-15(17)38-19(40)36-13-4-10(20(24,25)26)3-11(5-13)21(27,28)29/h3-7,9,16H,8H2,1-2H3,(H2,36,38,40)/t16-/m1/s1. The van der Waals surface area contributed by atoms with Crippen molar-refractivity contribution in [2.24, 2.45) is 10.9 Å². The second kappa shape index (κ2) is 10.6. The molecule has 2 aromatic carbocycles. The molecule has 1 atom stereocenters. The Morgan fingerprint density at radius 2 is 1.27 bits per heavy atom. The maximum Gasteiger partial charge on any atom is 0.417 e. The number of nitrogens with one attached hydrogen (secondary N) is 2. The molecule has 0 amide bonds. The van der Waals surface area contributed by atoms with Crippen LogP contribution in [0.3, 0.4) is 0 Å². The molecule has 1 heterocycles. The Kier molecular flexibility index (Phi) is 8.31. The van der Waals surface area contributed by atoms with Crippen LogP contribution >= 0.6 is 12.2 Å². The highest BCUT2D eigenvalue weighted by Gasteiger charge is 2.42. The quantitative estimate of drug-likeness (QED) is 0.270. The lowest BCUT2D eigenvalue weighted by Gasteiger charge is -2.21. The molecule has 17 heteroatoms. The number of hydrogen-bond acceptors (Lipinski definition) is 3. The summed E-state index contributed by atoms with van der Waals surface area (Å²) < 4.78 is 166. The van der Waals surface area contributed by atoms with Gasteiger partial charge in [0, 0.05) is 5.69 Å². The maximum atomic E-state index is 13.9. The predicted molar refractivity (Wildman–Crippen MR) is 124 cm³/mol. The third kappa shape index (κ3) is 7.28. The fourth-order valence-electron chi connectivity index (χ4n) is 3.54. The molecule has 0 saturated carbocycles. The minimum Gasteiger partial charge on any atom is -0.475 e. The van der Waals surface area contributed by atoms with Gasteiger partial charge in [-0.25, -0.2) is 4.99 Å². The normalized spacial score (nSPS) is 16.6. The highest BCUT2D eigenvalue weighted by atomic mass is 32.1. The lowest BCUT2D eigenvalue weighted by Crippen LogP contribution is -2.25. The number of thiocarbonyl (C=S) groups is 1. The smallest absolute Gasteiger partial charge is 0.417 e. The second-order valence-corrected chi connectivity index (χ2v) is 9.28. The molecule has 0 aromatic heterocycles. The van der Waals surface area contributed by atoms with Gasteiger partial charge in [-0.05, 0) is 48.5 Å². The van der Waals surface area contributed by atoms with Gasteiger partial charge in [-0.1, -0.05) is 13.8 Å². The SMILES string of the molecule is CC(C)[C@H]1COC(c2c(NC(=S)Nc3cc(C(F)(F)F)cc(C(F)(F)F)c3)cc(C(F)(F)F)cc2C(F)(F)F)=N1. The van der Waals surface area contributed by atoms with Crippen molar-refractivity contribution < 1.29 is 57.4 Å². The zero-order valence-electron chi connectivity index (χ0n) is 20.0. The zero-order chi connectivity index (χ0) is 30.4. The van der Waals surface area contributed by atoms with Gasteiger partial charge in [-0.3, -0.25) is 0 Å². The summed E-state index contributed by atoms with van der Waals surface area (Å²) in [7, 11) is 0. The molecule has 40 heavy (non-hydrogen) atoms. The highest BCUT2D eigenvalue weighted by Crippen LogP contribution is 2.42. The predicted octanol–water partition coefficient (Wildman–Crippen LogP) is 8.37. The van der Waals surface area contributed by atoms with Crippen LogP contribution in [0.15, 0.2) is 35.3 Å². The molecule has 0 saturated heterocycles. The van der Waals surface area contributed by atoms with Crippen molar-refractivity contribution >= 4 is 34.6 Å². The van der Waals surface area contributed by atoms with Crippen LogP contribution in [0.2, 0.25) is 0 Å². The van der Waals surface area contributed by atoms with Gasteiger partial charge >= 0.3 is 24.7 Å². The first-order valence-corrected chi connectivity index (χ1v) is 11.4. The summed E-state index contributed by atoms with van der Waals surface area (Å²) in [5.74, 6) is -0.910. The summed E-state index contributed by atoms with van der Waals surface area (Å²) in [6.07, 6.45) is -21.1. The molecule has 4 nitrogen and oxygen atoms in total. The largest absolute Gasteiger partial charge is 0.475 e. The van der Waals surface area contributed by atoms with Gasteiger partial charge in [0.2, 0.25) is 5.90 Å². The molecule has 2 N–H and O–H groups in total. The molecular weight excluding hydrogens is 594 g/mol. The van der Waals surface area contributed by atoms with Crippen LogP contribution in [-0.4, -0.2) is 23.7 Å². The first-order chi connectivity index (χ1) is 18.1. The maximum absolute atomic E-state index is 13.9. The van der Waals surface area contributed by atoms with Crippen molar-refractivity contribution in [1.29, 1.82) is 0 Å². The molecule has 220 valence electrons. The topological polar surface area (TPSA) is 45.6 Å². The molecule has 0 unspecified atom stereocenters. The van der Waals surface area contributed by atoms with E-state index < -0.39 is 80.9 Å². The third-order valence-corrected chi connectivity index (χ3v) is 5.73. The van der Waals surface area contributed by atoms with Gasteiger partial charge in [0.15, 0.2) is 5.11 Å². The summed E-state index contributed by atoms with van der Waals surface area (Å²) in [6.45, 7) is 3.14. The molecule has 0 fully saturated rings. The molecule has 1 aliphatic rings. The Hall–Kier alpha value is -3.24. The average Bonchev–Trinajstić information content (AvgIpc) is 3.26. The molecule has 0 radical (unpaired) electrons. The van der Waals surface area contributed by atoms with Crippen LogP contribution < -0.4 is 10.6 Å². The summed E-state index contributed by atoms with van der Waals surface area (Å²) in [4.78, 5) is 4.01. The van der Waals surface area contributed by atoms with Crippen LogP contribution in [-0.2, 0) is 29.4 Å². The van der Waals surface area contributed by atoms with E-state index in [2.05, 4.69) is 4.99 Å². The van der Waals surface area contributed by atoms with E-state index in [1.807, 2.05) is 10.6 Å². The summed E-state index contributed by atoms with van der Waals surface area (Å²) >= 11 is 4.84. The number of halogens is 12. The van der Waals surface area contributed by atoms with E-state index in [0.29, 0.717) is 0 Å². The number of rotatable bonds is 4. The van der Waals surface area contributed by atoms with Gasteiger partial charge in [-0.15, -0.1) is 0 Å². The Morgan fingerprint density at radius 1 is 0.775 bits per heavy atom. The monoisotopic (exact) mass is 611 g/mol. The number of aliphatic imine (C=N–C) groups is 1. The Bertz CT molecular complexity index is 1280. The van der Waals surface area contributed by atoms with Crippen molar-refractivity contribution in [2.45, 2.75) is 44.6 Å². The minimum absolute atomic E-state index is 0.173. The molecule has 3 rings (SSSR count). The summed E-state index contributed by atoms with van der Waals surface area (Å²) in [6, 6.07) is -0.303. The Labute approximate surface area is 223 Å². The first-order valence-electron chi connectivity index (χ1n) is 11.0.